The molecule has 0 unspecified atom stereocenters. The standard InChI is InChI=1S/C11H11ClN2S/c12-11-2-1-10(15-11)9(7-13)8-3-5-14-6-4-8/h1-2,14H,3-6H2. The molecule has 0 atom stereocenters. The number of hydrogen-bond acceptors (Lipinski definition) is 3. The molecule has 2 heterocycles. The van der Waals surface area contributed by atoms with Crippen LogP contribution in [0.2, 0.25) is 4.34 Å². The second-order valence-corrected chi connectivity index (χ2v) is 5.16. The molecule has 1 aromatic heterocycles. The topological polar surface area (TPSA) is 35.8 Å². The number of piperidine rings is 1. The smallest absolute Gasteiger partial charge is 0.101 e. The average Bonchev–Trinajstić information content (AvgIpc) is 2.68. The van der Waals surface area contributed by atoms with Gasteiger partial charge in [0.1, 0.15) is 6.07 Å². The first-order chi connectivity index (χ1) is 7.31. The Kier molecular flexibility index (Phi) is 3.42. The Bertz CT molecular complexity index is 420. The molecule has 2 nitrogen and oxygen atoms in total. The van der Waals surface area contributed by atoms with Gasteiger partial charge in [0.2, 0.25) is 0 Å². The van der Waals surface area contributed by atoms with Crippen molar-refractivity contribution in [3.63, 3.8) is 0 Å². The van der Waals surface area contributed by atoms with Gasteiger partial charge >= 0.3 is 0 Å². The van der Waals surface area contributed by atoms with E-state index in [9.17, 15) is 5.26 Å². The molecule has 1 aliphatic rings. The van der Waals surface area contributed by atoms with Gasteiger partial charge in [-0.05, 0) is 43.6 Å². The van der Waals surface area contributed by atoms with Crippen LogP contribution in [0, 0.1) is 11.3 Å². The lowest BCUT2D eigenvalue weighted by molar-refractivity contribution is 0.612. The third kappa shape index (κ3) is 2.40. The summed E-state index contributed by atoms with van der Waals surface area (Å²) < 4.78 is 0.743. The lowest BCUT2D eigenvalue weighted by Gasteiger charge is -2.16. The molecule has 1 N–H and O–H groups in total. The van der Waals surface area contributed by atoms with Crippen LogP contribution in [-0.2, 0) is 0 Å². The molecule has 0 radical (unpaired) electrons. The summed E-state index contributed by atoms with van der Waals surface area (Å²) in [5, 5.41) is 12.5. The largest absolute Gasteiger partial charge is 0.316 e. The number of halogens is 1. The van der Waals surface area contributed by atoms with Crippen LogP contribution in [0.1, 0.15) is 17.7 Å². The highest BCUT2D eigenvalue weighted by Crippen LogP contribution is 2.31. The van der Waals surface area contributed by atoms with E-state index in [-0.39, 0.29) is 0 Å². The molecule has 2 rings (SSSR count). The van der Waals surface area contributed by atoms with Crippen LogP contribution in [-0.4, -0.2) is 13.1 Å². The lowest BCUT2D eigenvalue weighted by Crippen LogP contribution is -2.23. The van der Waals surface area contributed by atoms with Crippen molar-refractivity contribution in [2.24, 2.45) is 0 Å². The third-order valence-electron chi connectivity index (χ3n) is 2.49. The molecule has 78 valence electrons. The fourth-order valence-electron chi connectivity index (χ4n) is 1.74. The molecule has 0 saturated carbocycles. The highest BCUT2D eigenvalue weighted by Gasteiger charge is 2.13. The van der Waals surface area contributed by atoms with E-state index >= 15 is 0 Å². The number of thiophene rings is 1. The Morgan fingerprint density at radius 2 is 2.13 bits per heavy atom. The van der Waals surface area contributed by atoms with Crippen molar-refractivity contribution >= 4 is 28.5 Å². The minimum absolute atomic E-state index is 0.743. The number of hydrogen-bond donors (Lipinski definition) is 1. The van der Waals surface area contributed by atoms with Gasteiger partial charge in [0.15, 0.2) is 0 Å². The van der Waals surface area contributed by atoms with Crippen molar-refractivity contribution in [3.05, 3.63) is 26.9 Å². The summed E-state index contributed by atoms with van der Waals surface area (Å²) in [5.74, 6) is 0. The van der Waals surface area contributed by atoms with E-state index in [1.54, 1.807) is 0 Å². The Balaban J connectivity index is 2.34. The van der Waals surface area contributed by atoms with Crippen LogP contribution in [0.25, 0.3) is 5.57 Å². The van der Waals surface area contributed by atoms with Crippen LogP contribution in [0.3, 0.4) is 0 Å². The van der Waals surface area contributed by atoms with E-state index in [1.807, 2.05) is 12.1 Å². The van der Waals surface area contributed by atoms with Gasteiger partial charge in [0.05, 0.1) is 9.91 Å². The summed E-state index contributed by atoms with van der Waals surface area (Å²) in [7, 11) is 0. The van der Waals surface area contributed by atoms with Crippen molar-refractivity contribution < 1.29 is 0 Å². The van der Waals surface area contributed by atoms with Crippen LogP contribution >= 0.6 is 22.9 Å². The van der Waals surface area contributed by atoms with Crippen molar-refractivity contribution in [2.75, 3.05) is 13.1 Å². The van der Waals surface area contributed by atoms with Gasteiger partial charge in [-0.3, -0.25) is 0 Å². The molecule has 4 heteroatoms. The van der Waals surface area contributed by atoms with Gasteiger partial charge in [0, 0.05) is 4.88 Å². The maximum absolute atomic E-state index is 9.18. The molecular formula is C11H11ClN2S. The minimum atomic E-state index is 0.743. The summed E-state index contributed by atoms with van der Waals surface area (Å²) in [6.45, 7) is 1.94. The summed E-state index contributed by atoms with van der Waals surface area (Å²) in [4.78, 5) is 0.999. The SMILES string of the molecule is N#CC(=C1CCNCC1)c1ccc(Cl)s1. The lowest BCUT2D eigenvalue weighted by atomic mass is 9.99. The first-order valence-electron chi connectivity index (χ1n) is 4.90. The molecule has 0 spiro atoms. The average molecular weight is 239 g/mol. The predicted molar refractivity (Wildman–Crippen MR) is 64.0 cm³/mol. The van der Waals surface area contributed by atoms with Gasteiger partial charge in [-0.1, -0.05) is 11.6 Å². The molecule has 0 aromatic carbocycles. The van der Waals surface area contributed by atoms with Gasteiger partial charge in [-0.2, -0.15) is 5.26 Å². The molecule has 0 bridgehead atoms. The van der Waals surface area contributed by atoms with Gasteiger partial charge in [-0.25, -0.2) is 0 Å². The summed E-state index contributed by atoms with van der Waals surface area (Å²) >= 11 is 7.35. The summed E-state index contributed by atoms with van der Waals surface area (Å²) in [6.07, 6.45) is 1.94. The molecule has 1 aliphatic heterocycles. The zero-order chi connectivity index (χ0) is 10.7. The fraction of sp³-hybridized carbons (Fsp3) is 0.364. The number of rotatable bonds is 1. The maximum Gasteiger partial charge on any atom is 0.101 e. The predicted octanol–water partition coefficient (Wildman–Crippen LogP) is 3.06. The van der Waals surface area contributed by atoms with Gasteiger partial charge in [-0.15, -0.1) is 11.3 Å². The van der Waals surface area contributed by atoms with E-state index in [2.05, 4.69) is 11.4 Å². The van der Waals surface area contributed by atoms with E-state index in [4.69, 9.17) is 11.6 Å². The molecule has 1 saturated heterocycles. The molecule has 15 heavy (non-hydrogen) atoms. The number of allylic oxidation sites excluding steroid dienone is 1. The summed E-state index contributed by atoms with van der Waals surface area (Å²) in [5.41, 5.74) is 2.09. The number of nitrogens with zero attached hydrogens (tertiary/aromatic N) is 1. The highest BCUT2D eigenvalue weighted by atomic mass is 35.5. The Hall–Kier alpha value is -0.820. The molecule has 1 fully saturated rings. The maximum atomic E-state index is 9.18. The monoisotopic (exact) mass is 238 g/mol. The van der Waals surface area contributed by atoms with Crippen LogP contribution in [0.5, 0.6) is 0 Å². The van der Waals surface area contributed by atoms with Crippen molar-refractivity contribution in [2.45, 2.75) is 12.8 Å². The molecular weight excluding hydrogens is 228 g/mol. The van der Waals surface area contributed by atoms with E-state index in [0.29, 0.717) is 0 Å². The molecule has 0 amide bonds. The summed E-state index contributed by atoms with van der Waals surface area (Å²) in [6, 6.07) is 6.08. The van der Waals surface area contributed by atoms with Gasteiger partial charge in [0.25, 0.3) is 0 Å². The Morgan fingerprint density at radius 3 is 2.67 bits per heavy atom. The Morgan fingerprint density at radius 1 is 1.40 bits per heavy atom. The molecule has 0 aliphatic carbocycles. The minimum Gasteiger partial charge on any atom is -0.316 e. The molecule has 1 aromatic rings. The van der Waals surface area contributed by atoms with Crippen LogP contribution < -0.4 is 5.32 Å². The quantitative estimate of drug-likeness (QED) is 0.764. The number of nitrogens with one attached hydrogen (secondary N) is 1. The van der Waals surface area contributed by atoms with E-state index in [1.165, 1.54) is 16.9 Å². The normalized spacial score (nSPS) is 16.1. The third-order valence-corrected chi connectivity index (χ3v) is 3.74. The first-order valence-corrected chi connectivity index (χ1v) is 6.09. The first kappa shape index (κ1) is 10.7. The zero-order valence-electron chi connectivity index (χ0n) is 8.22. The van der Waals surface area contributed by atoms with Crippen molar-refractivity contribution in [3.8, 4) is 6.07 Å². The van der Waals surface area contributed by atoms with Crippen LogP contribution in [0.4, 0.5) is 0 Å². The van der Waals surface area contributed by atoms with Crippen molar-refractivity contribution in [1.82, 2.24) is 5.32 Å². The Labute approximate surface area is 98.2 Å². The highest BCUT2D eigenvalue weighted by molar-refractivity contribution is 7.17. The van der Waals surface area contributed by atoms with Crippen molar-refractivity contribution in [1.29, 1.82) is 5.26 Å². The second kappa shape index (κ2) is 4.80. The second-order valence-electron chi connectivity index (χ2n) is 3.44. The van der Waals surface area contributed by atoms with Crippen LogP contribution in [0.15, 0.2) is 17.7 Å². The van der Waals surface area contributed by atoms with Gasteiger partial charge < -0.3 is 5.32 Å². The van der Waals surface area contributed by atoms with E-state index < -0.39 is 0 Å². The number of nitriles is 1. The fourth-order valence-corrected chi connectivity index (χ4v) is 2.82. The van der Waals surface area contributed by atoms with E-state index in [0.717, 1.165) is 40.7 Å². The zero-order valence-corrected chi connectivity index (χ0v) is 9.79.